The predicted octanol–water partition coefficient (Wildman–Crippen LogP) is 2.02. The van der Waals surface area contributed by atoms with Crippen molar-refractivity contribution in [3.8, 4) is 0 Å². The van der Waals surface area contributed by atoms with Crippen molar-refractivity contribution >= 4 is 40.5 Å². The third-order valence-electron chi connectivity index (χ3n) is 5.51. The number of rotatable bonds is 2. The SMILES string of the molecule is CNc1cc2nc3c1ncn3C(=O)N[C@@H]1CC[C@H]1OCc1cc(nc(C(=O)OC)c1)N2. The second-order valence-corrected chi connectivity index (χ2v) is 7.44. The number of nitrogens with zero attached hydrogens (tertiary/aromatic N) is 4. The van der Waals surface area contributed by atoms with Gasteiger partial charge in [0, 0.05) is 13.1 Å². The molecule has 2 aliphatic rings. The van der Waals surface area contributed by atoms with Crippen molar-refractivity contribution in [1.82, 2.24) is 24.8 Å². The van der Waals surface area contributed by atoms with E-state index in [2.05, 4.69) is 30.9 Å². The monoisotopic (exact) mass is 423 g/mol. The maximum Gasteiger partial charge on any atom is 0.356 e. The van der Waals surface area contributed by atoms with Gasteiger partial charge in [-0.2, -0.15) is 0 Å². The first-order valence-corrected chi connectivity index (χ1v) is 9.90. The van der Waals surface area contributed by atoms with Crippen molar-refractivity contribution in [2.24, 2.45) is 0 Å². The molecule has 1 saturated carbocycles. The summed E-state index contributed by atoms with van der Waals surface area (Å²) in [6.07, 6.45) is 2.98. The van der Waals surface area contributed by atoms with E-state index in [9.17, 15) is 9.59 Å². The van der Waals surface area contributed by atoms with Gasteiger partial charge in [0.15, 0.2) is 11.3 Å². The van der Waals surface area contributed by atoms with Crippen LogP contribution >= 0.6 is 0 Å². The van der Waals surface area contributed by atoms with Gasteiger partial charge in [-0.1, -0.05) is 0 Å². The Morgan fingerprint density at radius 1 is 1.26 bits per heavy atom. The lowest BCUT2D eigenvalue weighted by Gasteiger charge is -2.36. The minimum atomic E-state index is -0.544. The summed E-state index contributed by atoms with van der Waals surface area (Å²) >= 11 is 0. The summed E-state index contributed by atoms with van der Waals surface area (Å²) in [5.41, 5.74) is 2.57. The highest BCUT2D eigenvalue weighted by atomic mass is 16.5. The van der Waals surface area contributed by atoms with E-state index in [-0.39, 0.29) is 30.5 Å². The van der Waals surface area contributed by atoms with E-state index in [0.717, 1.165) is 18.4 Å². The number of carbonyl (C=O) groups excluding carboxylic acids is 2. The first-order chi connectivity index (χ1) is 15.1. The summed E-state index contributed by atoms with van der Waals surface area (Å²) in [6.45, 7) is 0.267. The number of imidazole rings is 1. The number of ether oxygens (including phenoxy) is 2. The van der Waals surface area contributed by atoms with Crippen LogP contribution in [0.15, 0.2) is 24.5 Å². The van der Waals surface area contributed by atoms with E-state index in [1.165, 1.54) is 18.0 Å². The molecule has 0 spiro atoms. The molecule has 4 heterocycles. The van der Waals surface area contributed by atoms with E-state index in [0.29, 0.717) is 28.5 Å². The molecule has 3 aromatic rings. The van der Waals surface area contributed by atoms with Gasteiger partial charge in [0.05, 0.1) is 31.5 Å². The molecule has 0 saturated heterocycles. The van der Waals surface area contributed by atoms with Gasteiger partial charge < -0.3 is 25.4 Å². The number of nitrogens with one attached hydrogen (secondary N) is 3. The van der Waals surface area contributed by atoms with Gasteiger partial charge in [0.2, 0.25) is 0 Å². The summed E-state index contributed by atoms with van der Waals surface area (Å²) in [5, 5.41) is 9.19. The van der Waals surface area contributed by atoms with Gasteiger partial charge in [-0.25, -0.2) is 29.1 Å². The minimum absolute atomic E-state index is 0.112. The summed E-state index contributed by atoms with van der Waals surface area (Å²) in [6, 6.07) is 4.77. The van der Waals surface area contributed by atoms with E-state index >= 15 is 0 Å². The summed E-state index contributed by atoms with van der Waals surface area (Å²) in [4.78, 5) is 38.3. The van der Waals surface area contributed by atoms with Crippen LogP contribution in [-0.2, 0) is 16.1 Å². The van der Waals surface area contributed by atoms with Crippen LogP contribution in [0.4, 0.5) is 22.1 Å². The lowest BCUT2D eigenvalue weighted by atomic mass is 9.89. The molecule has 1 aliphatic heterocycles. The zero-order valence-electron chi connectivity index (χ0n) is 17.0. The fraction of sp³-hybridized carbons (Fsp3) is 0.350. The molecule has 1 aliphatic carbocycles. The summed E-state index contributed by atoms with van der Waals surface area (Å²) < 4.78 is 12.2. The highest BCUT2D eigenvalue weighted by Gasteiger charge is 2.34. The maximum atomic E-state index is 12.9. The molecule has 31 heavy (non-hydrogen) atoms. The zero-order chi connectivity index (χ0) is 21.5. The molecule has 1 fully saturated rings. The molecule has 0 unspecified atom stereocenters. The van der Waals surface area contributed by atoms with E-state index in [1.54, 1.807) is 25.2 Å². The Balaban J connectivity index is 1.65. The minimum Gasteiger partial charge on any atom is -0.464 e. The number of anilines is 3. The molecule has 3 aromatic heterocycles. The maximum absolute atomic E-state index is 12.9. The van der Waals surface area contributed by atoms with Crippen molar-refractivity contribution in [2.45, 2.75) is 31.6 Å². The Morgan fingerprint density at radius 2 is 2.10 bits per heavy atom. The molecule has 11 heteroatoms. The van der Waals surface area contributed by atoms with Crippen molar-refractivity contribution in [2.75, 3.05) is 24.8 Å². The number of aromatic nitrogens is 4. The number of hydrogen-bond acceptors (Lipinski definition) is 9. The Hall–Kier alpha value is -3.73. The van der Waals surface area contributed by atoms with Crippen molar-refractivity contribution in [3.05, 3.63) is 35.8 Å². The van der Waals surface area contributed by atoms with Gasteiger partial charge in [-0.15, -0.1) is 0 Å². The van der Waals surface area contributed by atoms with Gasteiger partial charge in [0.1, 0.15) is 23.5 Å². The van der Waals surface area contributed by atoms with Crippen molar-refractivity contribution in [1.29, 1.82) is 0 Å². The molecular weight excluding hydrogens is 402 g/mol. The molecule has 3 N–H and O–H groups in total. The Kier molecular flexibility index (Phi) is 4.66. The van der Waals surface area contributed by atoms with Gasteiger partial charge in [-0.05, 0) is 30.5 Å². The molecule has 0 aromatic carbocycles. The lowest BCUT2D eigenvalue weighted by Crippen LogP contribution is -2.52. The first-order valence-electron chi connectivity index (χ1n) is 9.90. The van der Waals surface area contributed by atoms with Gasteiger partial charge in [0.25, 0.3) is 0 Å². The van der Waals surface area contributed by atoms with E-state index < -0.39 is 5.97 Å². The van der Waals surface area contributed by atoms with Crippen LogP contribution in [0.5, 0.6) is 0 Å². The number of methoxy groups -OCH3 is 1. The number of carbonyl (C=O) groups is 2. The molecule has 4 bridgehead atoms. The normalized spacial score (nSPS) is 20.1. The van der Waals surface area contributed by atoms with Gasteiger partial charge in [-0.3, -0.25) is 0 Å². The largest absolute Gasteiger partial charge is 0.464 e. The molecule has 160 valence electrons. The highest BCUT2D eigenvalue weighted by Crippen LogP contribution is 2.29. The fourth-order valence-corrected chi connectivity index (χ4v) is 3.73. The van der Waals surface area contributed by atoms with Gasteiger partial charge >= 0.3 is 12.0 Å². The van der Waals surface area contributed by atoms with Crippen LogP contribution in [0.1, 0.15) is 28.9 Å². The molecule has 11 nitrogen and oxygen atoms in total. The van der Waals surface area contributed by atoms with Crippen molar-refractivity contribution < 1.29 is 19.1 Å². The third-order valence-corrected chi connectivity index (χ3v) is 5.51. The Bertz CT molecular complexity index is 1190. The van der Waals surface area contributed by atoms with Crippen molar-refractivity contribution in [3.63, 3.8) is 0 Å². The zero-order valence-corrected chi connectivity index (χ0v) is 17.0. The average Bonchev–Trinajstić information content (AvgIpc) is 3.19. The topological polar surface area (TPSA) is 132 Å². The molecular formula is C20H21N7O4. The Labute approximate surface area is 177 Å². The smallest absolute Gasteiger partial charge is 0.356 e. The van der Waals surface area contributed by atoms with Crippen LogP contribution in [0.3, 0.4) is 0 Å². The number of pyridine rings is 2. The van der Waals surface area contributed by atoms with E-state index in [4.69, 9.17) is 9.47 Å². The third kappa shape index (κ3) is 3.42. The predicted molar refractivity (Wildman–Crippen MR) is 111 cm³/mol. The summed E-state index contributed by atoms with van der Waals surface area (Å²) in [5.74, 6) is 0.303. The van der Waals surface area contributed by atoms with Crippen LogP contribution in [-0.4, -0.2) is 57.8 Å². The fourth-order valence-electron chi connectivity index (χ4n) is 3.73. The Morgan fingerprint density at radius 3 is 2.84 bits per heavy atom. The number of amides is 1. The lowest BCUT2D eigenvalue weighted by molar-refractivity contribution is -0.0323. The van der Waals surface area contributed by atoms with Crippen LogP contribution in [0.2, 0.25) is 0 Å². The number of fused-ring (bicyclic) bond motifs is 4. The first kappa shape index (κ1) is 19.2. The average molecular weight is 423 g/mol. The molecule has 1 amide bonds. The van der Waals surface area contributed by atoms with Crippen LogP contribution in [0.25, 0.3) is 11.2 Å². The molecule has 0 radical (unpaired) electrons. The van der Waals surface area contributed by atoms with Crippen LogP contribution < -0.4 is 16.0 Å². The molecule has 5 rings (SSSR count). The van der Waals surface area contributed by atoms with E-state index in [1.807, 2.05) is 0 Å². The number of esters is 1. The molecule has 2 atom stereocenters. The second-order valence-electron chi connectivity index (χ2n) is 7.44. The van der Waals surface area contributed by atoms with Crippen LogP contribution in [0, 0.1) is 0 Å². The quantitative estimate of drug-likeness (QED) is 0.530. The second kappa shape index (κ2) is 7.51. The summed E-state index contributed by atoms with van der Waals surface area (Å²) in [7, 11) is 3.07. The standard InChI is InChI=1S/C20H21N7O4/c1-21-12-7-16-25-15-6-10(5-13(23-15)19(28)30-2)8-31-14-4-3-11(14)24-20(29)27-9-22-17(12)18(27)26-16/h5-7,9,11,14H,3-4,8H2,1-2H3,(H,24,29)(H2,21,23,25,26)/t11-,14-/m1/s1. The highest BCUT2D eigenvalue weighted by molar-refractivity contribution is 5.94. The number of hydrogen-bond donors (Lipinski definition) is 3.